The third-order valence-corrected chi connectivity index (χ3v) is 4.80. The highest BCUT2D eigenvalue weighted by Gasteiger charge is 2.26. The smallest absolute Gasteiger partial charge is 0.257 e. The third kappa shape index (κ3) is 3.93. The lowest BCUT2D eigenvalue weighted by Gasteiger charge is -2.32. The zero-order valence-electron chi connectivity index (χ0n) is 15.5. The Morgan fingerprint density at radius 3 is 2.50 bits per heavy atom. The Labute approximate surface area is 154 Å². The van der Waals surface area contributed by atoms with Crippen molar-refractivity contribution in [3.05, 3.63) is 53.1 Å². The van der Waals surface area contributed by atoms with Crippen LogP contribution in [-0.2, 0) is 0 Å². The number of likely N-dealkylation sites (tertiary alicyclic amines) is 1. The molecule has 26 heavy (non-hydrogen) atoms. The molecule has 1 heterocycles. The summed E-state index contributed by atoms with van der Waals surface area (Å²) in [4.78, 5) is 14.4. The number of aromatic hydroxyl groups is 1. The number of piperidine rings is 1. The quantitative estimate of drug-likeness (QED) is 0.908. The maximum atomic E-state index is 12.7. The minimum absolute atomic E-state index is 0.0527. The highest BCUT2D eigenvalue weighted by atomic mass is 16.5. The molecule has 1 amide bonds. The number of phenols is 1. The van der Waals surface area contributed by atoms with Crippen molar-refractivity contribution in [2.75, 3.05) is 20.2 Å². The van der Waals surface area contributed by atoms with E-state index < -0.39 is 0 Å². The van der Waals surface area contributed by atoms with Gasteiger partial charge in [-0.25, -0.2) is 0 Å². The van der Waals surface area contributed by atoms with Crippen LogP contribution in [0.2, 0.25) is 0 Å². The molecule has 1 fully saturated rings. The summed E-state index contributed by atoms with van der Waals surface area (Å²) in [5.41, 5.74) is 2.60. The molecule has 138 valence electrons. The summed E-state index contributed by atoms with van der Waals surface area (Å²) in [6.45, 7) is 5.31. The number of carbonyl (C=O) groups is 1. The second-order valence-electron chi connectivity index (χ2n) is 6.76. The molecule has 0 bridgehead atoms. The number of rotatable bonds is 4. The van der Waals surface area contributed by atoms with Crippen molar-refractivity contribution in [1.29, 1.82) is 0 Å². The van der Waals surface area contributed by atoms with Gasteiger partial charge in [-0.05, 0) is 43.2 Å². The molecule has 3 rings (SSSR count). The van der Waals surface area contributed by atoms with Crippen LogP contribution in [0.4, 0.5) is 0 Å². The molecule has 1 aliphatic heterocycles. The first-order chi connectivity index (χ1) is 12.5. The van der Waals surface area contributed by atoms with Crippen molar-refractivity contribution in [2.24, 2.45) is 0 Å². The number of aryl methyl sites for hydroxylation is 2. The van der Waals surface area contributed by atoms with Gasteiger partial charge in [-0.2, -0.15) is 0 Å². The van der Waals surface area contributed by atoms with Crippen LogP contribution in [0, 0.1) is 13.8 Å². The lowest BCUT2D eigenvalue weighted by Crippen LogP contribution is -2.41. The Morgan fingerprint density at radius 1 is 1.12 bits per heavy atom. The maximum absolute atomic E-state index is 12.7. The van der Waals surface area contributed by atoms with Crippen LogP contribution >= 0.6 is 0 Å². The van der Waals surface area contributed by atoms with Crippen LogP contribution in [0.5, 0.6) is 17.2 Å². The zero-order valence-corrected chi connectivity index (χ0v) is 15.5. The molecular weight excluding hydrogens is 330 g/mol. The van der Waals surface area contributed by atoms with E-state index in [1.807, 2.05) is 6.92 Å². The van der Waals surface area contributed by atoms with Gasteiger partial charge in [0.05, 0.1) is 12.7 Å². The second kappa shape index (κ2) is 7.68. The summed E-state index contributed by atoms with van der Waals surface area (Å²) >= 11 is 0. The van der Waals surface area contributed by atoms with E-state index in [0.29, 0.717) is 24.4 Å². The van der Waals surface area contributed by atoms with Crippen LogP contribution in [0.25, 0.3) is 0 Å². The molecule has 1 saturated heterocycles. The average Bonchev–Trinajstić information content (AvgIpc) is 2.64. The van der Waals surface area contributed by atoms with Crippen LogP contribution in [0.1, 0.15) is 34.3 Å². The number of nitrogens with zero attached hydrogens (tertiary/aromatic N) is 1. The van der Waals surface area contributed by atoms with E-state index in [1.165, 1.54) is 18.7 Å². The van der Waals surface area contributed by atoms with Gasteiger partial charge in [0.1, 0.15) is 23.4 Å². The largest absolute Gasteiger partial charge is 0.507 e. The van der Waals surface area contributed by atoms with Crippen molar-refractivity contribution in [1.82, 2.24) is 4.90 Å². The Bertz CT molecular complexity index is 795. The summed E-state index contributed by atoms with van der Waals surface area (Å²) in [6.07, 6.45) is 1.65. The van der Waals surface area contributed by atoms with E-state index in [9.17, 15) is 9.90 Å². The van der Waals surface area contributed by atoms with Gasteiger partial charge in [-0.3, -0.25) is 4.79 Å². The van der Waals surface area contributed by atoms with E-state index in [4.69, 9.17) is 9.47 Å². The monoisotopic (exact) mass is 355 g/mol. The SMILES string of the molecule is COc1ccc(C(=O)N2CCC(Oc3cc(C)ccc3C)CC2)c(O)c1. The molecule has 1 aliphatic rings. The lowest BCUT2D eigenvalue weighted by molar-refractivity contribution is 0.0591. The Kier molecular flexibility index (Phi) is 5.35. The fourth-order valence-corrected chi connectivity index (χ4v) is 3.18. The van der Waals surface area contributed by atoms with Crippen LogP contribution < -0.4 is 9.47 Å². The molecule has 1 N–H and O–H groups in total. The number of methoxy groups -OCH3 is 1. The molecular formula is C21H25NO4. The predicted octanol–water partition coefficient (Wildman–Crippen LogP) is 3.70. The molecule has 0 aliphatic carbocycles. The fraction of sp³-hybridized carbons (Fsp3) is 0.381. The molecule has 0 aromatic heterocycles. The normalized spacial score (nSPS) is 15.0. The molecule has 5 heteroatoms. The van der Waals surface area contributed by atoms with Crippen molar-refractivity contribution >= 4 is 5.91 Å². The molecule has 2 aromatic rings. The van der Waals surface area contributed by atoms with Gasteiger partial charge in [-0.1, -0.05) is 12.1 Å². The first-order valence-electron chi connectivity index (χ1n) is 8.88. The average molecular weight is 355 g/mol. The molecule has 0 radical (unpaired) electrons. The van der Waals surface area contributed by atoms with Crippen molar-refractivity contribution in [2.45, 2.75) is 32.8 Å². The summed E-state index contributed by atoms with van der Waals surface area (Å²) in [5.74, 6) is 1.24. The van der Waals surface area contributed by atoms with E-state index in [-0.39, 0.29) is 17.8 Å². The van der Waals surface area contributed by atoms with Gasteiger partial charge < -0.3 is 19.5 Å². The molecule has 2 aromatic carbocycles. The molecule has 0 spiro atoms. The van der Waals surface area contributed by atoms with E-state index in [0.717, 1.165) is 24.2 Å². The van der Waals surface area contributed by atoms with Crippen LogP contribution in [0.15, 0.2) is 36.4 Å². The predicted molar refractivity (Wildman–Crippen MR) is 100 cm³/mol. The van der Waals surface area contributed by atoms with Crippen molar-refractivity contribution in [3.8, 4) is 17.2 Å². The van der Waals surface area contributed by atoms with Gasteiger partial charge in [-0.15, -0.1) is 0 Å². The number of ether oxygens (including phenoxy) is 2. The molecule has 5 nitrogen and oxygen atoms in total. The molecule has 0 saturated carbocycles. The number of benzene rings is 2. The molecule has 0 atom stereocenters. The zero-order chi connectivity index (χ0) is 18.7. The van der Waals surface area contributed by atoms with E-state index in [2.05, 4.69) is 25.1 Å². The topological polar surface area (TPSA) is 59.0 Å². The number of hydrogen-bond donors (Lipinski definition) is 1. The highest BCUT2D eigenvalue weighted by Crippen LogP contribution is 2.27. The van der Waals surface area contributed by atoms with Crippen molar-refractivity contribution in [3.63, 3.8) is 0 Å². The molecule has 0 unspecified atom stereocenters. The third-order valence-electron chi connectivity index (χ3n) is 4.80. The lowest BCUT2D eigenvalue weighted by atomic mass is 10.1. The summed E-state index contributed by atoms with van der Waals surface area (Å²) in [5, 5.41) is 10.1. The Hall–Kier alpha value is -2.69. The highest BCUT2D eigenvalue weighted by molar-refractivity contribution is 5.97. The van der Waals surface area contributed by atoms with Crippen LogP contribution in [0.3, 0.4) is 0 Å². The number of amides is 1. The first-order valence-corrected chi connectivity index (χ1v) is 8.88. The standard InChI is InChI=1S/C21H25NO4/c1-14-4-5-15(2)20(12-14)26-16-8-10-22(11-9-16)21(24)18-7-6-17(25-3)13-19(18)23/h4-7,12-13,16,23H,8-11H2,1-3H3. The van der Waals surface area contributed by atoms with Gasteiger partial charge in [0.2, 0.25) is 0 Å². The number of phenolic OH excluding ortho intramolecular Hbond substituents is 1. The Balaban J connectivity index is 1.61. The summed E-state index contributed by atoms with van der Waals surface area (Å²) in [6, 6.07) is 10.9. The summed E-state index contributed by atoms with van der Waals surface area (Å²) < 4.78 is 11.2. The first kappa shape index (κ1) is 18.1. The summed E-state index contributed by atoms with van der Waals surface area (Å²) in [7, 11) is 1.52. The minimum atomic E-state index is -0.157. The van der Waals surface area contributed by atoms with E-state index >= 15 is 0 Å². The van der Waals surface area contributed by atoms with Gasteiger partial charge in [0.25, 0.3) is 5.91 Å². The fourth-order valence-electron chi connectivity index (χ4n) is 3.18. The minimum Gasteiger partial charge on any atom is -0.507 e. The van der Waals surface area contributed by atoms with E-state index in [1.54, 1.807) is 17.0 Å². The van der Waals surface area contributed by atoms with Gasteiger partial charge in [0, 0.05) is 32.0 Å². The Morgan fingerprint density at radius 2 is 1.85 bits per heavy atom. The van der Waals surface area contributed by atoms with Crippen molar-refractivity contribution < 1.29 is 19.4 Å². The second-order valence-corrected chi connectivity index (χ2v) is 6.76. The number of carbonyl (C=O) groups excluding carboxylic acids is 1. The van der Waals surface area contributed by atoms with Crippen LogP contribution in [-0.4, -0.2) is 42.2 Å². The van der Waals surface area contributed by atoms with Gasteiger partial charge in [0.15, 0.2) is 0 Å². The maximum Gasteiger partial charge on any atom is 0.257 e. The van der Waals surface area contributed by atoms with Gasteiger partial charge >= 0.3 is 0 Å². The number of hydrogen-bond acceptors (Lipinski definition) is 4.